The van der Waals surface area contributed by atoms with Gasteiger partial charge in [-0.3, -0.25) is 4.99 Å². The summed E-state index contributed by atoms with van der Waals surface area (Å²) in [5, 5.41) is 4.88. The van der Waals surface area contributed by atoms with Crippen LogP contribution in [0.5, 0.6) is 0 Å². The molecule has 1 aliphatic heterocycles. The van der Waals surface area contributed by atoms with Crippen LogP contribution in [0.15, 0.2) is 168 Å². The molecule has 1 heterocycles. The average Bonchev–Trinajstić information content (AvgIpc) is 3.17. The Morgan fingerprint density at radius 1 is 0.765 bits per heavy atom. The number of rotatable bonds is 8. The second kappa shape index (κ2) is 14.2. The SMILES string of the molecule is C=C/C(C)=C(\C=C/C)/N=C(\C)c1ccc2cc(-c3ccc4cc(-c5ccc6c(c5)C(=C)N(/C(=C\C)CC)C5=C6C=CCC5)ccc4c3)ccc2c1. The Hall–Kier alpha value is -5.73. The van der Waals surface area contributed by atoms with Gasteiger partial charge in [0, 0.05) is 33.9 Å². The van der Waals surface area contributed by atoms with E-state index in [-0.39, 0.29) is 0 Å². The summed E-state index contributed by atoms with van der Waals surface area (Å²) in [6.07, 6.45) is 15.8. The maximum Gasteiger partial charge on any atom is 0.0658 e. The number of nitrogens with zero attached hydrogens (tertiary/aromatic N) is 2. The van der Waals surface area contributed by atoms with E-state index < -0.39 is 0 Å². The third-order valence-corrected chi connectivity index (χ3v) is 10.4. The number of hydrogen-bond donors (Lipinski definition) is 0. The highest BCUT2D eigenvalue weighted by Crippen LogP contribution is 2.45. The summed E-state index contributed by atoms with van der Waals surface area (Å²) >= 11 is 0. The van der Waals surface area contributed by atoms with Crippen molar-refractivity contribution in [3.8, 4) is 22.3 Å². The van der Waals surface area contributed by atoms with Crippen molar-refractivity contribution in [2.45, 2.75) is 53.9 Å². The topological polar surface area (TPSA) is 15.6 Å². The van der Waals surface area contributed by atoms with E-state index >= 15 is 0 Å². The van der Waals surface area contributed by atoms with E-state index in [9.17, 15) is 0 Å². The molecule has 0 radical (unpaired) electrons. The minimum absolute atomic E-state index is 0.938. The molecule has 0 aromatic heterocycles. The van der Waals surface area contributed by atoms with Gasteiger partial charge in [0.25, 0.3) is 0 Å². The van der Waals surface area contributed by atoms with Crippen LogP contribution in [0.4, 0.5) is 0 Å². The molecule has 1 aliphatic carbocycles. The van der Waals surface area contributed by atoms with Crippen molar-refractivity contribution in [1.29, 1.82) is 0 Å². The Balaban J connectivity index is 1.18. The summed E-state index contributed by atoms with van der Waals surface area (Å²) in [4.78, 5) is 7.33. The van der Waals surface area contributed by atoms with Gasteiger partial charge in [-0.25, -0.2) is 0 Å². The minimum atomic E-state index is 0.938. The number of benzene rings is 5. The van der Waals surface area contributed by atoms with Crippen LogP contribution in [0.1, 0.15) is 70.6 Å². The number of allylic oxidation sites excluding steroid dienone is 10. The van der Waals surface area contributed by atoms with E-state index in [4.69, 9.17) is 4.99 Å². The zero-order chi connectivity index (χ0) is 35.6. The third-order valence-electron chi connectivity index (χ3n) is 10.4. The molecule has 7 rings (SSSR count). The summed E-state index contributed by atoms with van der Waals surface area (Å²) < 4.78 is 0. The lowest BCUT2D eigenvalue weighted by atomic mass is 9.85. The Morgan fingerprint density at radius 2 is 1.35 bits per heavy atom. The minimum Gasteiger partial charge on any atom is -0.318 e. The maximum absolute atomic E-state index is 4.91. The van der Waals surface area contributed by atoms with E-state index in [1.165, 1.54) is 71.9 Å². The van der Waals surface area contributed by atoms with Crippen LogP contribution >= 0.6 is 0 Å². The predicted molar refractivity (Wildman–Crippen MR) is 222 cm³/mol. The fourth-order valence-corrected chi connectivity index (χ4v) is 7.47. The fourth-order valence-electron chi connectivity index (χ4n) is 7.47. The van der Waals surface area contributed by atoms with Gasteiger partial charge in [-0.15, -0.1) is 0 Å². The van der Waals surface area contributed by atoms with E-state index in [0.717, 1.165) is 47.5 Å². The van der Waals surface area contributed by atoms with Crippen molar-refractivity contribution >= 4 is 38.5 Å². The van der Waals surface area contributed by atoms with Crippen molar-refractivity contribution in [2.75, 3.05) is 0 Å². The first kappa shape index (κ1) is 33.8. The van der Waals surface area contributed by atoms with E-state index in [0.29, 0.717) is 0 Å². The number of fused-ring (bicyclic) bond motifs is 4. The Morgan fingerprint density at radius 3 is 1.94 bits per heavy atom. The lowest BCUT2D eigenvalue weighted by Crippen LogP contribution is -2.26. The summed E-state index contributed by atoms with van der Waals surface area (Å²) in [5.41, 5.74) is 16.5. The molecule has 0 fully saturated rings. The van der Waals surface area contributed by atoms with Gasteiger partial charge in [0.2, 0.25) is 0 Å². The fraction of sp³-hybridized carbons (Fsp3) is 0.163. The molecule has 2 aliphatic rings. The Labute approximate surface area is 303 Å². The van der Waals surface area contributed by atoms with Crippen LogP contribution in [0.25, 0.3) is 55.1 Å². The molecule has 51 heavy (non-hydrogen) atoms. The van der Waals surface area contributed by atoms with E-state index in [1.54, 1.807) is 0 Å². The molecule has 2 nitrogen and oxygen atoms in total. The van der Waals surface area contributed by atoms with Crippen LogP contribution < -0.4 is 0 Å². The van der Waals surface area contributed by atoms with Crippen molar-refractivity contribution in [3.63, 3.8) is 0 Å². The molecular formula is C49H46N2. The van der Waals surface area contributed by atoms with Gasteiger partial charge in [-0.2, -0.15) is 0 Å². The molecule has 5 aromatic carbocycles. The van der Waals surface area contributed by atoms with Gasteiger partial charge in [-0.05, 0) is 144 Å². The van der Waals surface area contributed by atoms with Gasteiger partial charge in [0.15, 0.2) is 0 Å². The monoisotopic (exact) mass is 662 g/mol. The molecule has 0 saturated carbocycles. The molecule has 252 valence electrons. The smallest absolute Gasteiger partial charge is 0.0658 e. The summed E-state index contributed by atoms with van der Waals surface area (Å²) in [6.45, 7) is 19.0. The second-order valence-electron chi connectivity index (χ2n) is 13.5. The molecule has 0 bridgehead atoms. The molecule has 0 N–H and O–H groups in total. The predicted octanol–water partition coefficient (Wildman–Crippen LogP) is 13.8. The zero-order valence-electron chi connectivity index (χ0n) is 30.6. The first-order chi connectivity index (χ1) is 24.8. The molecule has 0 atom stereocenters. The molecule has 0 amide bonds. The van der Waals surface area contributed by atoms with Crippen LogP contribution in [0, 0.1) is 0 Å². The number of aliphatic imine (C=N–C) groups is 1. The van der Waals surface area contributed by atoms with Gasteiger partial charge >= 0.3 is 0 Å². The van der Waals surface area contributed by atoms with Crippen LogP contribution in [-0.2, 0) is 0 Å². The lowest BCUT2D eigenvalue weighted by Gasteiger charge is -2.39. The van der Waals surface area contributed by atoms with Gasteiger partial charge in [-0.1, -0.05) is 111 Å². The van der Waals surface area contributed by atoms with Gasteiger partial charge in [0.1, 0.15) is 0 Å². The molecule has 0 spiro atoms. The van der Waals surface area contributed by atoms with Gasteiger partial charge in [0.05, 0.1) is 5.70 Å². The largest absolute Gasteiger partial charge is 0.318 e. The molecule has 0 saturated heterocycles. The average molecular weight is 663 g/mol. The Kier molecular flexibility index (Phi) is 9.43. The molecule has 2 heteroatoms. The molecular weight excluding hydrogens is 617 g/mol. The standard InChI is InChI=1S/C49H46N2/c1-8-14-48(32(5)9-2)50-33(6)35-17-18-37-28-38(20-19-36(37)27-35)39-21-22-41-30-42(24-23-40(41)29-39)43-25-26-45-46-15-12-13-16-49(46)51(44(10-3)11-4)34(7)47(45)31-43/h8-10,12,14-15,17-31H,2,7,11,13,16H2,1,3-6H3/b14-8-,44-10-,48-32+,50-33+. The quantitative estimate of drug-likeness (QED) is 0.119. The van der Waals surface area contributed by atoms with Crippen LogP contribution in [0.2, 0.25) is 0 Å². The number of hydrogen-bond acceptors (Lipinski definition) is 2. The molecule has 5 aromatic rings. The van der Waals surface area contributed by atoms with E-state index in [2.05, 4.69) is 148 Å². The Bertz CT molecular complexity index is 2420. The van der Waals surface area contributed by atoms with Crippen molar-refractivity contribution < 1.29 is 0 Å². The summed E-state index contributed by atoms with van der Waals surface area (Å²) in [6, 6.07) is 33.9. The summed E-state index contributed by atoms with van der Waals surface area (Å²) in [5.74, 6) is 0. The van der Waals surface area contributed by atoms with Crippen LogP contribution in [0.3, 0.4) is 0 Å². The highest BCUT2D eigenvalue weighted by molar-refractivity contribution is 6.03. The lowest BCUT2D eigenvalue weighted by molar-refractivity contribution is 0.544. The zero-order valence-corrected chi connectivity index (χ0v) is 30.6. The van der Waals surface area contributed by atoms with Crippen LogP contribution in [-0.4, -0.2) is 10.6 Å². The second-order valence-corrected chi connectivity index (χ2v) is 13.5. The summed E-state index contributed by atoms with van der Waals surface area (Å²) in [7, 11) is 0. The van der Waals surface area contributed by atoms with E-state index in [1.807, 2.05) is 32.1 Å². The highest BCUT2D eigenvalue weighted by Gasteiger charge is 2.29. The third kappa shape index (κ3) is 6.39. The first-order valence-electron chi connectivity index (χ1n) is 18.1. The molecule has 0 unspecified atom stereocenters. The first-order valence-corrected chi connectivity index (χ1v) is 18.1. The highest BCUT2D eigenvalue weighted by atomic mass is 15.2. The normalized spacial score (nSPS) is 15.5. The van der Waals surface area contributed by atoms with Crippen molar-refractivity contribution in [1.82, 2.24) is 4.90 Å². The van der Waals surface area contributed by atoms with Crippen molar-refractivity contribution in [3.05, 3.63) is 180 Å². The van der Waals surface area contributed by atoms with Crippen molar-refractivity contribution in [2.24, 2.45) is 4.99 Å². The maximum atomic E-state index is 4.91. The van der Waals surface area contributed by atoms with Gasteiger partial charge < -0.3 is 4.90 Å².